The van der Waals surface area contributed by atoms with E-state index in [1.54, 1.807) is 18.2 Å². The van der Waals surface area contributed by atoms with E-state index in [1.807, 2.05) is 12.1 Å². The van der Waals surface area contributed by atoms with E-state index in [1.165, 1.54) is 6.08 Å². The lowest BCUT2D eigenvalue weighted by Gasteiger charge is -2.13. The van der Waals surface area contributed by atoms with Crippen LogP contribution in [0, 0.1) is 5.92 Å². The lowest BCUT2D eigenvalue weighted by Crippen LogP contribution is -2.31. The van der Waals surface area contributed by atoms with Gasteiger partial charge in [-0.2, -0.15) is 0 Å². The molecule has 0 radical (unpaired) electrons. The molecule has 1 aliphatic rings. The molecule has 0 aliphatic heterocycles. The Balaban J connectivity index is 1.79. The van der Waals surface area contributed by atoms with E-state index >= 15 is 0 Å². The third kappa shape index (κ3) is 4.37. The number of carbonyl (C=O) groups is 1. The maximum atomic E-state index is 11.6. The van der Waals surface area contributed by atoms with Gasteiger partial charge in [-0.1, -0.05) is 30.2 Å². The van der Waals surface area contributed by atoms with Gasteiger partial charge in [-0.3, -0.25) is 4.79 Å². The Morgan fingerprint density at radius 3 is 2.74 bits per heavy atom. The zero-order valence-electron chi connectivity index (χ0n) is 10.7. The molecule has 1 aromatic rings. The number of amides is 1. The van der Waals surface area contributed by atoms with Gasteiger partial charge in [0.05, 0.1) is 6.10 Å². The highest BCUT2D eigenvalue weighted by Gasteiger charge is 2.24. The van der Waals surface area contributed by atoms with Crippen molar-refractivity contribution in [3.63, 3.8) is 0 Å². The summed E-state index contributed by atoms with van der Waals surface area (Å²) >= 11 is 5.78. The Hall–Kier alpha value is -1.32. The molecule has 2 atom stereocenters. The molecule has 2 rings (SSSR count). The van der Waals surface area contributed by atoms with Crippen molar-refractivity contribution in [1.29, 1.82) is 0 Å². The van der Waals surface area contributed by atoms with Crippen LogP contribution in [0.4, 0.5) is 0 Å². The van der Waals surface area contributed by atoms with Gasteiger partial charge in [0.15, 0.2) is 0 Å². The maximum absolute atomic E-state index is 11.6. The summed E-state index contributed by atoms with van der Waals surface area (Å²) in [6.07, 6.45) is 5.87. The normalized spacial score (nSPS) is 22.8. The van der Waals surface area contributed by atoms with Crippen LogP contribution in [0.25, 0.3) is 6.08 Å². The highest BCUT2D eigenvalue weighted by atomic mass is 35.5. The van der Waals surface area contributed by atoms with Crippen molar-refractivity contribution in [2.45, 2.75) is 25.4 Å². The number of nitrogens with one attached hydrogen (secondary N) is 1. The number of rotatable bonds is 4. The fourth-order valence-electron chi connectivity index (χ4n) is 2.29. The molecule has 19 heavy (non-hydrogen) atoms. The molecule has 4 heteroatoms. The van der Waals surface area contributed by atoms with Crippen LogP contribution in [-0.2, 0) is 4.79 Å². The van der Waals surface area contributed by atoms with Crippen molar-refractivity contribution >= 4 is 23.6 Å². The summed E-state index contributed by atoms with van der Waals surface area (Å²) in [5, 5.41) is 13.2. The SMILES string of the molecule is O=C(C=Cc1ccc(Cl)cc1)NCC1CCCC1O. The summed E-state index contributed by atoms with van der Waals surface area (Å²) < 4.78 is 0. The van der Waals surface area contributed by atoms with Crippen molar-refractivity contribution in [3.05, 3.63) is 40.9 Å². The number of aliphatic hydroxyl groups is 1. The molecular weight excluding hydrogens is 262 g/mol. The Morgan fingerprint density at radius 2 is 2.11 bits per heavy atom. The minimum atomic E-state index is -0.263. The summed E-state index contributed by atoms with van der Waals surface area (Å²) in [5.41, 5.74) is 0.931. The summed E-state index contributed by atoms with van der Waals surface area (Å²) in [7, 11) is 0. The van der Waals surface area contributed by atoms with Crippen LogP contribution in [0.1, 0.15) is 24.8 Å². The maximum Gasteiger partial charge on any atom is 0.244 e. The molecule has 2 N–H and O–H groups in total. The quantitative estimate of drug-likeness (QED) is 0.833. The summed E-state index contributed by atoms with van der Waals surface area (Å²) in [6.45, 7) is 0.547. The molecule has 0 spiro atoms. The van der Waals surface area contributed by atoms with E-state index in [-0.39, 0.29) is 17.9 Å². The molecule has 0 bridgehead atoms. The lowest BCUT2D eigenvalue weighted by molar-refractivity contribution is -0.116. The molecule has 1 aliphatic carbocycles. The molecule has 1 amide bonds. The van der Waals surface area contributed by atoms with Crippen LogP contribution in [0.2, 0.25) is 5.02 Å². The highest BCUT2D eigenvalue weighted by Crippen LogP contribution is 2.24. The molecule has 1 aromatic carbocycles. The van der Waals surface area contributed by atoms with Crippen molar-refractivity contribution in [1.82, 2.24) is 5.32 Å². The van der Waals surface area contributed by atoms with E-state index in [0.29, 0.717) is 11.6 Å². The molecule has 1 saturated carbocycles. The Kier molecular flexibility index (Phi) is 5.00. The predicted octanol–water partition coefficient (Wildman–Crippen LogP) is 2.63. The van der Waals surface area contributed by atoms with Gasteiger partial charge in [-0.05, 0) is 36.6 Å². The van der Waals surface area contributed by atoms with Crippen LogP contribution in [-0.4, -0.2) is 23.7 Å². The van der Waals surface area contributed by atoms with Gasteiger partial charge >= 0.3 is 0 Å². The largest absolute Gasteiger partial charge is 0.393 e. The predicted molar refractivity (Wildman–Crippen MR) is 76.8 cm³/mol. The first kappa shape index (κ1) is 14.1. The first-order valence-electron chi connectivity index (χ1n) is 6.54. The van der Waals surface area contributed by atoms with Crippen LogP contribution in [0.15, 0.2) is 30.3 Å². The summed E-state index contributed by atoms with van der Waals surface area (Å²) in [4.78, 5) is 11.6. The Morgan fingerprint density at radius 1 is 1.37 bits per heavy atom. The topological polar surface area (TPSA) is 49.3 Å². The Bertz CT molecular complexity index is 456. The van der Waals surface area contributed by atoms with Gasteiger partial charge in [-0.15, -0.1) is 0 Å². The molecule has 0 aromatic heterocycles. The van der Waals surface area contributed by atoms with Crippen LogP contribution >= 0.6 is 11.6 Å². The number of aliphatic hydroxyl groups excluding tert-OH is 1. The fourth-order valence-corrected chi connectivity index (χ4v) is 2.42. The molecule has 2 unspecified atom stereocenters. The second-order valence-electron chi connectivity index (χ2n) is 4.89. The third-order valence-corrected chi connectivity index (χ3v) is 3.71. The van der Waals surface area contributed by atoms with Gasteiger partial charge in [0.25, 0.3) is 0 Å². The summed E-state index contributed by atoms with van der Waals surface area (Å²) in [5.74, 6) is 0.0712. The van der Waals surface area contributed by atoms with Gasteiger partial charge in [0.1, 0.15) is 0 Å². The average molecular weight is 280 g/mol. The average Bonchev–Trinajstić information content (AvgIpc) is 2.81. The molecule has 1 fully saturated rings. The number of hydrogen-bond acceptors (Lipinski definition) is 2. The van der Waals surface area contributed by atoms with E-state index < -0.39 is 0 Å². The number of carbonyl (C=O) groups excluding carboxylic acids is 1. The zero-order valence-corrected chi connectivity index (χ0v) is 11.4. The van der Waals surface area contributed by atoms with Gasteiger partial charge in [0, 0.05) is 23.6 Å². The Labute approximate surface area is 118 Å². The van der Waals surface area contributed by atoms with Gasteiger partial charge in [-0.25, -0.2) is 0 Å². The molecule has 3 nitrogen and oxygen atoms in total. The van der Waals surface area contributed by atoms with Crippen LogP contribution < -0.4 is 5.32 Å². The standard InChI is InChI=1S/C15H18ClNO2/c16-13-7-4-11(5-8-13)6-9-15(19)17-10-12-2-1-3-14(12)18/h4-9,12,14,18H,1-3,10H2,(H,17,19). The van der Waals surface area contributed by atoms with E-state index in [9.17, 15) is 9.90 Å². The second-order valence-corrected chi connectivity index (χ2v) is 5.32. The van der Waals surface area contributed by atoms with Crippen molar-refractivity contribution in [2.75, 3.05) is 6.54 Å². The minimum absolute atomic E-state index is 0.131. The minimum Gasteiger partial charge on any atom is -0.393 e. The zero-order chi connectivity index (χ0) is 13.7. The van der Waals surface area contributed by atoms with E-state index in [4.69, 9.17) is 11.6 Å². The smallest absolute Gasteiger partial charge is 0.244 e. The monoisotopic (exact) mass is 279 g/mol. The van der Waals surface area contributed by atoms with Gasteiger partial charge < -0.3 is 10.4 Å². The first-order chi connectivity index (χ1) is 9.15. The number of hydrogen-bond donors (Lipinski definition) is 2. The number of benzene rings is 1. The van der Waals surface area contributed by atoms with Crippen molar-refractivity contribution in [2.24, 2.45) is 5.92 Å². The van der Waals surface area contributed by atoms with E-state index in [0.717, 1.165) is 24.8 Å². The summed E-state index contributed by atoms with van der Waals surface area (Å²) in [6, 6.07) is 7.28. The third-order valence-electron chi connectivity index (χ3n) is 3.45. The van der Waals surface area contributed by atoms with Crippen LogP contribution in [0.3, 0.4) is 0 Å². The van der Waals surface area contributed by atoms with Crippen LogP contribution in [0.5, 0.6) is 0 Å². The molecular formula is C15H18ClNO2. The highest BCUT2D eigenvalue weighted by molar-refractivity contribution is 6.30. The fraction of sp³-hybridized carbons (Fsp3) is 0.400. The second kappa shape index (κ2) is 6.73. The molecule has 0 saturated heterocycles. The first-order valence-corrected chi connectivity index (χ1v) is 6.92. The molecule has 102 valence electrons. The van der Waals surface area contributed by atoms with Crippen molar-refractivity contribution < 1.29 is 9.90 Å². The van der Waals surface area contributed by atoms with E-state index in [2.05, 4.69) is 5.32 Å². The molecule has 0 heterocycles. The number of halogens is 1. The lowest BCUT2D eigenvalue weighted by atomic mass is 10.1. The van der Waals surface area contributed by atoms with Crippen molar-refractivity contribution in [3.8, 4) is 0 Å². The van der Waals surface area contributed by atoms with Gasteiger partial charge in [0.2, 0.25) is 5.91 Å².